The standard InChI is InChI=1S/C4F9N3/c5-1(6,3(9,10)11)2(7,8)4(12,13)15-16-14. The average Bonchev–Trinajstić information content (AvgIpc) is 2.01. The molecule has 0 bridgehead atoms. The van der Waals surface area contributed by atoms with E-state index >= 15 is 0 Å². The van der Waals surface area contributed by atoms with Gasteiger partial charge in [-0.25, -0.2) is 0 Å². The van der Waals surface area contributed by atoms with Gasteiger partial charge in [-0.3, -0.25) is 0 Å². The van der Waals surface area contributed by atoms with Crippen LogP contribution < -0.4 is 0 Å². The number of hydrogen-bond donors (Lipinski definition) is 0. The van der Waals surface area contributed by atoms with Crippen LogP contribution in [0.4, 0.5) is 39.5 Å². The van der Waals surface area contributed by atoms with Gasteiger partial charge < -0.3 is 0 Å². The summed E-state index contributed by atoms with van der Waals surface area (Å²) in [6.07, 6.45) is -6.91. The van der Waals surface area contributed by atoms with Gasteiger partial charge in [-0.1, -0.05) is 0 Å². The molecule has 0 aliphatic rings. The Labute approximate surface area is 80.5 Å². The molecular formula is C4F9N3. The molecule has 0 N–H and O–H groups in total. The van der Waals surface area contributed by atoms with Crippen LogP contribution in [0.15, 0.2) is 5.11 Å². The van der Waals surface area contributed by atoms with Gasteiger partial charge in [0.25, 0.3) is 0 Å². The summed E-state index contributed by atoms with van der Waals surface area (Å²) < 4.78 is 107. The molecule has 0 heterocycles. The van der Waals surface area contributed by atoms with E-state index in [-0.39, 0.29) is 0 Å². The second-order valence-electron chi connectivity index (χ2n) is 2.38. The number of azide groups is 1. The lowest BCUT2D eigenvalue weighted by Crippen LogP contribution is -2.60. The highest BCUT2D eigenvalue weighted by Gasteiger charge is 2.81. The van der Waals surface area contributed by atoms with Crippen LogP contribution in [0.1, 0.15) is 0 Å². The normalized spacial score (nSPS) is 14.6. The maximum atomic E-state index is 12.2. The van der Waals surface area contributed by atoms with Crippen molar-refractivity contribution < 1.29 is 39.5 Å². The third kappa shape index (κ3) is 1.96. The summed E-state index contributed by atoms with van der Waals surface area (Å²) in [5, 5.41) is 0.925. The van der Waals surface area contributed by atoms with Gasteiger partial charge in [0.05, 0.1) is 0 Å². The van der Waals surface area contributed by atoms with E-state index in [1.807, 2.05) is 0 Å². The molecule has 0 atom stereocenters. The number of rotatable bonds is 3. The van der Waals surface area contributed by atoms with Crippen molar-refractivity contribution in [3.63, 3.8) is 0 Å². The lowest BCUT2D eigenvalue weighted by atomic mass is 10.1. The average molecular weight is 261 g/mol. The summed E-state index contributed by atoms with van der Waals surface area (Å²) in [4.78, 5) is 1.06. The highest BCUT2D eigenvalue weighted by Crippen LogP contribution is 2.53. The minimum absolute atomic E-state index is 0.925. The first-order chi connectivity index (χ1) is 6.81. The number of nitrogens with zero attached hydrogens (tertiary/aromatic N) is 3. The van der Waals surface area contributed by atoms with Crippen LogP contribution in [-0.2, 0) is 0 Å². The lowest BCUT2D eigenvalue weighted by molar-refractivity contribution is -0.394. The Morgan fingerprint density at radius 1 is 0.750 bits per heavy atom. The quantitative estimate of drug-likeness (QED) is 0.244. The zero-order valence-corrected chi connectivity index (χ0v) is 6.74. The second kappa shape index (κ2) is 3.61. The minimum atomic E-state index is -7.03. The molecule has 0 aliphatic carbocycles. The minimum Gasteiger partial charge on any atom is -0.193 e. The highest BCUT2D eigenvalue weighted by molar-refractivity contribution is 4.99. The molecule has 0 fully saturated rings. The molecule has 0 aromatic rings. The van der Waals surface area contributed by atoms with Crippen molar-refractivity contribution in [1.82, 2.24) is 0 Å². The molecule has 0 aliphatic heterocycles. The Balaban J connectivity index is 5.61. The van der Waals surface area contributed by atoms with Gasteiger partial charge in [0.15, 0.2) is 0 Å². The molecule has 0 spiro atoms. The van der Waals surface area contributed by atoms with Crippen molar-refractivity contribution in [1.29, 1.82) is 0 Å². The molecule has 0 saturated heterocycles. The lowest BCUT2D eigenvalue weighted by Gasteiger charge is -2.31. The molecular weight excluding hydrogens is 261 g/mol. The summed E-state index contributed by atoms with van der Waals surface area (Å²) in [5.41, 5.74) is 7.35. The van der Waals surface area contributed by atoms with Gasteiger partial charge in [0.2, 0.25) is 0 Å². The monoisotopic (exact) mass is 261 g/mol. The largest absolute Gasteiger partial charge is 0.460 e. The van der Waals surface area contributed by atoms with Crippen molar-refractivity contribution in [2.24, 2.45) is 5.11 Å². The molecule has 0 radical (unpaired) electrons. The van der Waals surface area contributed by atoms with E-state index in [0.29, 0.717) is 0 Å². The van der Waals surface area contributed by atoms with Crippen LogP contribution in [0.5, 0.6) is 0 Å². The van der Waals surface area contributed by atoms with Gasteiger partial charge in [-0.15, -0.1) is 0 Å². The van der Waals surface area contributed by atoms with E-state index in [1.165, 1.54) is 0 Å². The molecule has 0 aromatic carbocycles. The zero-order valence-electron chi connectivity index (χ0n) is 6.74. The maximum absolute atomic E-state index is 12.2. The van der Waals surface area contributed by atoms with Crippen LogP contribution in [0.25, 0.3) is 10.4 Å². The molecule has 94 valence electrons. The third-order valence-corrected chi connectivity index (χ3v) is 1.30. The predicted molar refractivity (Wildman–Crippen MR) is 30.0 cm³/mol. The Morgan fingerprint density at radius 3 is 1.38 bits per heavy atom. The van der Waals surface area contributed by atoms with Crippen molar-refractivity contribution in [2.75, 3.05) is 0 Å². The number of hydrogen-bond acceptors (Lipinski definition) is 1. The summed E-state index contributed by atoms with van der Waals surface area (Å²) in [5.74, 6) is -13.9. The molecule has 16 heavy (non-hydrogen) atoms. The first-order valence-electron chi connectivity index (χ1n) is 3.07. The summed E-state index contributed by atoms with van der Waals surface area (Å²) in [7, 11) is 0. The van der Waals surface area contributed by atoms with E-state index in [1.54, 1.807) is 0 Å². The van der Waals surface area contributed by atoms with Crippen molar-refractivity contribution >= 4 is 0 Å². The first kappa shape index (κ1) is 14.7. The van der Waals surface area contributed by atoms with Gasteiger partial charge in [-0.2, -0.15) is 39.5 Å². The fraction of sp³-hybridized carbons (Fsp3) is 1.00. The van der Waals surface area contributed by atoms with E-state index in [0.717, 1.165) is 10.0 Å². The van der Waals surface area contributed by atoms with E-state index < -0.39 is 24.1 Å². The van der Waals surface area contributed by atoms with Gasteiger partial charge in [0, 0.05) is 4.91 Å². The number of alkyl halides is 9. The van der Waals surface area contributed by atoms with E-state index in [9.17, 15) is 39.5 Å². The fourth-order valence-corrected chi connectivity index (χ4v) is 0.486. The molecule has 0 aromatic heterocycles. The van der Waals surface area contributed by atoms with Gasteiger partial charge >= 0.3 is 24.1 Å². The summed E-state index contributed by atoms with van der Waals surface area (Å²) >= 11 is 0. The van der Waals surface area contributed by atoms with Crippen LogP contribution in [0.2, 0.25) is 0 Å². The Morgan fingerprint density at radius 2 is 1.12 bits per heavy atom. The van der Waals surface area contributed by atoms with Gasteiger partial charge in [0.1, 0.15) is 0 Å². The third-order valence-electron chi connectivity index (χ3n) is 1.30. The van der Waals surface area contributed by atoms with Crippen LogP contribution in [-0.4, -0.2) is 24.1 Å². The summed E-state index contributed by atoms with van der Waals surface area (Å²) in [6.45, 7) is 0. The van der Waals surface area contributed by atoms with Crippen molar-refractivity contribution in [3.05, 3.63) is 10.4 Å². The van der Waals surface area contributed by atoms with Crippen LogP contribution >= 0.6 is 0 Å². The Kier molecular flexibility index (Phi) is 3.31. The topological polar surface area (TPSA) is 48.8 Å². The molecule has 0 saturated carbocycles. The smallest absolute Gasteiger partial charge is 0.193 e. The van der Waals surface area contributed by atoms with Crippen molar-refractivity contribution in [2.45, 2.75) is 24.1 Å². The predicted octanol–water partition coefficient (Wildman–Crippen LogP) is 3.72. The fourth-order valence-electron chi connectivity index (χ4n) is 0.486. The Hall–Kier alpha value is -1.32. The van der Waals surface area contributed by atoms with Crippen molar-refractivity contribution in [3.8, 4) is 0 Å². The van der Waals surface area contributed by atoms with Gasteiger partial charge in [-0.05, 0) is 10.6 Å². The molecule has 12 heteroatoms. The molecule has 0 amide bonds. The number of halogens is 9. The summed E-state index contributed by atoms with van der Waals surface area (Å²) in [6, 6.07) is -6.21. The molecule has 0 rings (SSSR count). The first-order valence-corrected chi connectivity index (χ1v) is 3.07. The Bertz CT molecular complexity index is 311. The maximum Gasteiger partial charge on any atom is 0.460 e. The second-order valence-corrected chi connectivity index (χ2v) is 2.38. The zero-order chi connectivity index (χ0) is 13.4. The van der Waals surface area contributed by atoms with Crippen LogP contribution in [0, 0.1) is 0 Å². The van der Waals surface area contributed by atoms with Crippen LogP contribution in [0.3, 0.4) is 0 Å². The van der Waals surface area contributed by atoms with E-state index in [2.05, 4.69) is 0 Å². The SMILES string of the molecule is [N-]=[N+]=NC(F)(F)C(F)(F)C(F)(F)C(F)(F)F. The van der Waals surface area contributed by atoms with E-state index in [4.69, 9.17) is 5.53 Å². The molecule has 0 unspecified atom stereocenters. The highest BCUT2D eigenvalue weighted by atomic mass is 19.4. The molecule has 3 nitrogen and oxygen atoms in total.